The van der Waals surface area contributed by atoms with Gasteiger partial charge in [-0.1, -0.05) is 11.6 Å². The molecule has 0 atom stereocenters. The lowest BCUT2D eigenvalue weighted by Gasteiger charge is -2.25. The topological polar surface area (TPSA) is 94.3 Å². The standard InChI is InChI=1S/C25H25ClN6O3/c1-30(2)24(33)15-7-8-20(19(26)9-15)29-23-11-22-16(12-27-23)10-21(17-13-28-31(3)14-17)32(22)25(34)35-18-5-4-6-18/h7-14,18H,4-6H2,1-3H3,(H,27,29). The molecule has 180 valence electrons. The highest BCUT2D eigenvalue weighted by molar-refractivity contribution is 6.33. The molecule has 0 unspecified atom stereocenters. The SMILES string of the molecule is CN(C)C(=O)c1ccc(Nc2cc3c(cn2)cc(-c2cnn(C)c2)n3C(=O)OC2CCC2)c(Cl)c1. The van der Waals surface area contributed by atoms with Crippen molar-refractivity contribution in [2.45, 2.75) is 25.4 Å². The first-order chi connectivity index (χ1) is 16.8. The van der Waals surface area contributed by atoms with Crippen molar-refractivity contribution in [3.63, 3.8) is 0 Å². The zero-order valence-corrected chi connectivity index (χ0v) is 20.4. The number of benzene rings is 1. The highest BCUT2D eigenvalue weighted by Crippen LogP contribution is 2.32. The minimum atomic E-state index is -0.426. The molecule has 3 aromatic heterocycles. The van der Waals surface area contributed by atoms with Crippen LogP contribution in [0.2, 0.25) is 5.02 Å². The van der Waals surface area contributed by atoms with Crippen LogP contribution in [0.25, 0.3) is 22.2 Å². The van der Waals surface area contributed by atoms with Gasteiger partial charge in [-0.15, -0.1) is 0 Å². The number of nitrogens with one attached hydrogen (secondary N) is 1. The van der Waals surface area contributed by atoms with Crippen LogP contribution in [0.1, 0.15) is 29.6 Å². The van der Waals surface area contributed by atoms with Gasteiger partial charge in [0, 0.05) is 56.1 Å². The molecule has 5 rings (SSSR count). The van der Waals surface area contributed by atoms with Crippen LogP contribution in [-0.4, -0.2) is 56.4 Å². The highest BCUT2D eigenvalue weighted by atomic mass is 35.5. The van der Waals surface area contributed by atoms with E-state index in [4.69, 9.17) is 16.3 Å². The summed E-state index contributed by atoms with van der Waals surface area (Å²) in [7, 11) is 5.20. The van der Waals surface area contributed by atoms with Crippen molar-refractivity contribution in [1.82, 2.24) is 24.2 Å². The molecule has 0 bridgehead atoms. The molecule has 1 aliphatic carbocycles. The summed E-state index contributed by atoms with van der Waals surface area (Å²) in [6.07, 6.45) is 7.61. The fourth-order valence-corrected chi connectivity index (χ4v) is 4.19. The van der Waals surface area contributed by atoms with Crippen molar-refractivity contribution in [2.75, 3.05) is 19.4 Å². The zero-order chi connectivity index (χ0) is 24.7. The van der Waals surface area contributed by atoms with Gasteiger partial charge in [-0.3, -0.25) is 9.48 Å². The van der Waals surface area contributed by atoms with Gasteiger partial charge in [0.15, 0.2) is 0 Å². The number of fused-ring (bicyclic) bond motifs is 1. The highest BCUT2D eigenvalue weighted by Gasteiger charge is 2.26. The fraction of sp³-hybridized carbons (Fsp3) is 0.280. The van der Waals surface area contributed by atoms with Crippen LogP contribution in [0.4, 0.5) is 16.3 Å². The molecule has 1 N–H and O–H groups in total. The van der Waals surface area contributed by atoms with Crippen molar-refractivity contribution < 1.29 is 14.3 Å². The molecule has 9 nitrogen and oxygen atoms in total. The summed E-state index contributed by atoms with van der Waals surface area (Å²) >= 11 is 6.44. The van der Waals surface area contributed by atoms with E-state index in [1.807, 2.05) is 19.3 Å². The second-order valence-corrected chi connectivity index (χ2v) is 9.26. The molecule has 0 spiro atoms. The Morgan fingerprint density at radius 1 is 1.17 bits per heavy atom. The molecule has 1 saturated carbocycles. The van der Waals surface area contributed by atoms with Gasteiger partial charge in [0.2, 0.25) is 0 Å². The third-order valence-electron chi connectivity index (χ3n) is 6.07. The first-order valence-electron chi connectivity index (χ1n) is 11.3. The van der Waals surface area contributed by atoms with Crippen molar-refractivity contribution in [3.05, 3.63) is 59.5 Å². The molecule has 3 heterocycles. The van der Waals surface area contributed by atoms with E-state index in [1.165, 1.54) is 4.90 Å². The van der Waals surface area contributed by atoms with Crippen LogP contribution < -0.4 is 5.32 Å². The lowest BCUT2D eigenvalue weighted by molar-refractivity contribution is 0.0543. The van der Waals surface area contributed by atoms with Gasteiger partial charge in [0.05, 0.1) is 28.1 Å². The summed E-state index contributed by atoms with van der Waals surface area (Å²) < 4.78 is 8.99. The first-order valence-corrected chi connectivity index (χ1v) is 11.7. The number of hydrogen-bond donors (Lipinski definition) is 1. The maximum absolute atomic E-state index is 13.2. The number of aromatic nitrogens is 4. The molecule has 1 fully saturated rings. The Bertz CT molecular complexity index is 1440. The van der Waals surface area contributed by atoms with Crippen LogP contribution in [0.5, 0.6) is 0 Å². The zero-order valence-electron chi connectivity index (χ0n) is 19.7. The number of carbonyl (C=O) groups excluding carboxylic acids is 2. The number of pyridine rings is 1. The second-order valence-electron chi connectivity index (χ2n) is 8.85. The maximum atomic E-state index is 13.2. The number of ether oxygens (including phenoxy) is 1. The van der Waals surface area contributed by atoms with Crippen LogP contribution >= 0.6 is 11.6 Å². The molecule has 35 heavy (non-hydrogen) atoms. The number of halogens is 1. The van der Waals surface area contributed by atoms with Crippen LogP contribution in [0, 0.1) is 0 Å². The number of carbonyl (C=O) groups is 2. The molecule has 1 aromatic carbocycles. The summed E-state index contributed by atoms with van der Waals surface area (Å²) in [6, 6.07) is 8.74. The van der Waals surface area contributed by atoms with Crippen molar-refractivity contribution >= 4 is 46.0 Å². The Hall–Kier alpha value is -3.85. The van der Waals surface area contributed by atoms with Crippen LogP contribution in [-0.2, 0) is 11.8 Å². The molecule has 0 radical (unpaired) electrons. The Morgan fingerprint density at radius 3 is 2.60 bits per heavy atom. The monoisotopic (exact) mass is 492 g/mol. The van der Waals surface area contributed by atoms with Crippen LogP contribution in [0.3, 0.4) is 0 Å². The number of amides is 1. The summed E-state index contributed by atoms with van der Waals surface area (Å²) in [5.74, 6) is 0.364. The van der Waals surface area contributed by atoms with Gasteiger partial charge in [0.25, 0.3) is 5.91 Å². The Balaban J connectivity index is 1.52. The van der Waals surface area contributed by atoms with Gasteiger partial charge in [-0.05, 0) is 43.5 Å². The summed E-state index contributed by atoms with van der Waals surface area (Å²) in [5.41, 5.74) is 3.22. The lowest BCUT2D eigenvalue weighted by Crippen LogP contribution is -2.27. The number of hydrogen-bond acceptors (Lipinski definition) is 6. The summed E-state index contributed by atoms with van der Waals surface area (Å²) in [6.45, 7) is 0. The van der Waals surface area contributed by atoms with E-state index in [-0.39, 0.29) is 12.0 Å². The van der Waals surface area contributed by atoms with Gasteiger partial charge in [-0.25, -0.2) is 14.3 Å². The van der Waals surface area contributed by atoms with E-state index >= 15 is 0 Å². The number of aryl methyl sites for hydroxylation is 1. The molecule has 1 amide bonds. The van der Waals surface area contributed by atoms with E-state index in [0.717, 1.165) is 30.2 Å². The molecule has 4 aromatic rings. The number of rotatable bonds is 5. The molecular weight excluding hydrogens is 468 g/mol. The molecule has 0 aliphatic heterocycles. The van der Waals surface area contributed by atoms with Gasteiger partial charge in [-0.2, -0.15) is 5.10 Å². The van der Waals surface area contributed by atoms with Gasteiger partial charge >= 0.3 is 6.09 Å². The summed E-state index contributed by atoms with van der Waals surface area (Å²) in [5, 5.41) is 8.61. The maximum Gasteiger partial charge on any atom is 0.419 e. The lowest BCUT2D eigenvalue weighted by atomic mass is 9.96. The molecule has 0 saturated heterocycles. The van der Waals surface area contributed by atoms with E-state index in [9.17, 15) is 9.59 Å². The third-order valence-corrected chi connectivity index (χ3v) is 6.39. The largest absolute Gasteiger partial charge is 0.446 e. The van der Waals surface area contributed by atoms with E-state index in [2.05, 4.69) is 15.4 Å². The van der Waals surface area contributed by atoms with Gasteiger partial charge in [0.1, 0.15) is 11.9 Å². The minimum Gasteiger partial charge on any atom is -0.446 e. The predicted molar refractivity (Wildman–Crippen MR) is 134 cm³/mol. The fourth-order valence-electron chi connectivity index (χ4n) is 3.96. The Morgan fingerprint density at radius 2 is 1.97 bits per heavy atom. The summed E-state index contributed by atoms with van der Waals surface area (Å²) in [4.78, 5) is 31.4. The normalized spacial score (nSPS) is 13.5. The average Bonchev–Trinajstić information content (AvgIpc) is 3.40. The third kappa shape index (κ3) is 4.46. The van der Waals surface area contributed by atoms with Crippen molar-refractivity contribution in [2.24, 2.45) is 7.05 Å². The quantitative estimate of drug-likeness (QED) is 0.418. The number of anilines is 2. The average molecular weight is 493 g/mol. The molecule has 1 aliphatic rings. The smallest absolute Gasteiger partial charge is 0.419 e. The first kappa shape index (κ1) is 22.9. The van der Waals surface area contributed by atoms with E-state index in [1.54, 1.807) is 60.0 Å². The van der Waals surface area contributed by atoms with E-state index < -0.39 is 6.09 Å². The van der Waals surface area contributed by atoms with Crippen molar-refractivity contribution in [1.29, 1.82) is 0 Å². The predicted octanol–water partition coefficient (Wildman–Crippen LogP) is 5.07. The second kappa shape index (κ2) is 9.07. The van der Waals surface area contributed by atoms with E-state index in [0.29, 0.717) is 33.3 Å². The number of nitrogens with zero attached hydrogens (tertiary/aromatic N) is 5. The Labute approximate surface area is 207 Å². The minimum absolute atomic E-state index is 0.0525. The van der Waals surface area contributed by atoms with Crippen LogP contribution in [0.15, 0.2) is 48.9 Å². The molecule has 10 heteroatoms. The van der Waals surface area contributed by atoms with Crippen molar-refractivity contribution in [3.8, 4) is 11.3 Å². The Kier molecular flexibility index (Phi) is 5.94. The van der Waals surface area contributed by atoms with Gasteiger partial charge < -0.3 is 15.0 Å². The molecular formula is C25H25ClN6O3.